The first-order valence-electron chi connectivity index (χ1n) is 6.07. The molecule has 0 unspecified atom stereocenters. The Morgan fingerprint density at radius 2 is 1.74 bits per heavy atom. The molecule has 2 fully saturated rings. The highest BCUT2D eigenvalue weighted by molar-refractivity contribution is 5.95. The van der Waals surface area contributed by atoms with E-state index in [0.717, 1.165) is 12.8 Å². The number of carbonyl (C=O) groups excluding carboxylic acids is 1. The molecule has 3 nitrogen and oxygen atoms in total. The summed E-state index contributed by atoms with van der Waals surface area (Å²) in [6, 6.07) is 0.951. The zero-order valence-electron chi connectivity index (χ0n) is 10.00. The van der Waals surface area contributed by atoms with E-state index in [9.17, 15) is 23.1 Å². The van der Waals surface area contributed by atoms with Crippen molar-refractivity contribution in [2.45, 2.75) is 18.4 Å². The summed E-state index contributed by atoms with van der Waals surface area (Å²) in [6.45, 7) is 0.152. The Labute approximate surface area is 107 Å². The van der Waals surface area contributed by atoms with Crippen molar-refractivity contribution in [3.05, 3.63) is 35.1 Å². The number of benzene rings is 1. The summed E-state index contributed by atoms with van der Waals surface area (Å²) < 4.78 is 39.7. The monoisotopic (exact) mass is 271 g/mol. The number of nitrogens with zero attached hydrogens (tertiary/aromatic N) is 1. The predicted octanol–water partition coefficient (Wildman–Crippen LogP) is 1.70. The average molecular weight is 271 g/mol. The van der Waals surface area contributed by atoms with Gasteiger partial charge in [-0.25, -0.2) is 13.2 Å². The number of hydrogen-bond acceptors (Lipinski definition) is 2. The average Bonchev–Trinajstić information content (AvgIpc) is 3.06. The number of rotatable bonds is 2. The minimum atomic E-state index is -1.22. The standard InChI is InChI=1S/C13H12F3NO2/c14-8-3-9(15)11(10(16)4-8)12(18)17-5-13(19,6-17)7-1-2-7/h3-4,7,19H,1-2,5-6H2. The lowest BCUT2D eigenvalue weighted by molar-refractivity contribution is -0.0960. The lowest BCUT2D eigenvalue weighted by Gasteiger charge is -2.47. The van der Waals surface area contributed by atoms with Gasteiger partial charge < -0.3 is 10.0 Å². The van der Waals surface area contributed by atoms with Gasteiger partial charge in [-0.1, -0.05) is 0 Å². The van der Waals surface area contributed by atoms with E-state index in [2.05, 4.69) is 0 Å². The Morgan fingerprint density at radius 1 is 1.21 bits per heavy atom. The Kier molecular flexibility index (Phi) is 2.60. The van der Waals surface area contributed by atoms with Gasteiger partial charge in [0.25, 0.3) is 5.91 Å². The molecular formula is C13H12F3NO2. The van der Waals surface area contributed by atoms with E-state index in [0.29, 0.717) is 12.1 Å². The molecule has 19 heavy (non-hydrogen) atoms. The number of aliphatic hydroxyl groups is 1. The van der Waals surface area contributed by atoms with Gasteiger partial charge in [-0.15, -0.1) is 0 Å². The van der Waals surface area contributed by atoms with Crippen molar-refractivity contribution >= 4 is 5.91 Å². The van der Waals surface area contributed by atoms with Crippen LogP contribution in [0.3, 0.4) is 0 Å². The second-order valence-electron chi connectivity index (χ2n) is 5.28. The molecular weight excluding hydrogens is 259 g/mol. The van der Waals surface area contributed by atoms with Crippen LogP contribution in [0.4, 0.5) is 13.2 Å². The van der Waals surface area contributed by atoms with Crippen LogP contribution in [0.1, 0.15) is 23.2 Å². The molecule has 1 saturated carbocycles. The van der Waals surface area contributed by atoms with Crippen molar-refractivity contribution in [3.63, 3.8) is 0 Å². The van der Waals surface area contributed by atoms with Gasteiger partial charge in [-0.3, -0.25) is 4.79 Å². The Balaban J connectivity index is 1.79. The van der Waals surface area contributed by atoms with Crippen molar-refractivity contribution < 1.29 is 23.1 Å². The molecule has 2 aliphatic rings. The molecule has 1 aromatic rings. The van der Waals surface area contributed by atoms with Gasteiger partial charge in [0.2, 0.25) is 0 Å². The van der Waals surface area contributed by atoms with Crippen LogP contribution in [-0.2, 0) is 0 Å². The second kappa shape index (κ2) is 3.96. The highest BCUT2D eigenvalue weighted by atomic mass is 19.1. The fourth-order valence-electron chi connectivity index (χ4n) is 2.54. The third-order valence-corrected chi connectivity index (χ3v) is 3.77. The summed E-state index contributed by atoms with van der Waals surface area (Å²) in [7, 11) is 0. The van der Waals surface area contributed by atoms with E-state index in [1.165, 1.54) is 4.90 Å². The Hall–Kier alpha value is -1.56. The van der Waals surface area contributed by atoms with E-state index >= 15 is 0 Å². The first-order chi connectivity index (χ1) is 8.90. The van der Waals surface area contributed by atoms with Crippen LogP contribution in [-0.4, -0.2) is 34.6 Å². The summed E-state index contributed by atoms with van der Waals surface area (Å²) >= 11 is 0. The van der Waals surface area contributed by atoms with Crippen molar-refractivity contribution in [2.24, 2.45) is 5.92 Å². The van der Waals surface area contributed by atoms with Gasteiger partial charge in [0.05, 0.1) is 13.1 Å². The highest BCUT2D eigenvalue weighted by Gasteiger charge is 2.53. The largest absolute Gasteiger partial charge is 0.386 e. The number of amides is 1. The van der Waals surface area contributed by atoms with Crippen molar-refractivity contribution in [1.29, 1.82) is 0 Å². The van der Waals surface area contributed by atoms with Crippen LogP contribution in [0.25, 0.3) is 0 Å². The molecule has 1 saturated heterocycles. The molecule has 1 heterocycles. The van der Waals surface area contributed by atoms with Gasteiger partial charge >= 0.3 is 0 Å². The predicted molar refractivity (Wildman–Crippen MR) is 59.9 cm³/mol. The maximum Gasteiger partial charge on any atom is 0.260 e. The summed E-state index contributed by atoms with van der Waals surface area (Å²) in [5, 5.41) is 10.1. The van der Waals surface area contributed by atoms with Crippen LogP contribution in [0.15, 0.2) is 12.1 Å². The minimum absolute atomic E-state index is 0.0761. The van der Waals surface area contributed by atoms with E-state index in [1.54, 1.807) is 0 Å². The van der Waals surface area contributed by atoms with Gasteiger partial charge in [-0.2, -0.15) is 0 Å². The highest BCUT2D eigenvalue weighted by Crippen LogP contribution is 2.44. The molecule has 1 aromatic carbocycles. The minimum Gasteiger partial charge on any atom is -0.386 e. The lowest BCUT2D eigenvalue weighted by atomic mass is 9.88. The number of carbonyl (C=O) groups is 1. The molecule has 1 aliphatic carbocycles. The summed E-state index contributed by atoms with van der Waals surface area (Å²) in [4.78, 5) is 13.1. The summed E-state index contributed by atoms with van der Waals surface area (Å²) in [6.07, 6.45) is 1.83. The first-order valence-corrected chi connectivity index (χ1v) is 6.07. The van der Waals surface area contributed by atoms with Gasteiger partial charge in [-0.05, 0) is 18.8 Å². The van der Waals surface area contributed by atoms with E-state index in [4.69, 9.17) is 0 Å². The molecule has 1 amide bonds. The first kappa shape index (κ1) is 12.5. The van der Waals surface area contributed by atoms with Crippen molar-refractivity contribution in [3.8, 4) is 0 Å². The molecule has 102 valence electrons. The van der Waals surface area contributed by atoms with E-state index in [1.807, 2.05) is 0 Å². The third kappa shape index (κ3) is 2.00. The van der Waals surface area contributed by atoms with E-state index in [-0.39, 0.29) is 19.0 Å². The lowest BCUT2D eigenvalue weighted by Crippen LogP contribution is -2.64. The quantitative estimate of drug-likeness (QED) is 0.889. The fraction of sp³-hybridized carbons (Fsp3) is 0.462. The van der Waals surface area contributed by atoms with Crippen LogP contribution >= 0.6 is 0 Å². The Bertz CT molecular complexity index is 528. The summed E-state index contributed by atoms with van der Waals surface area (Å²) in [5.41, 5.74) is -1.68. The molecule has 3 rings (SSSR count). The molecule has 1 N–H and O–H groups in total. The fourth-order valence-corrected chi connectivity index (χ4v) is 2.54. The van der Waals surface area contributed by atoms with Crippen molar-refractivity contribution in [2.75, 3.05) is 13.1 Å². The number of likely N-dealkylation sites (tertiary alicyclic amines) is 1. The summed E-state index contributed by atoms with van der Waals surface area (Å²) in [5.74, 6) is -4.17. The number of β-amino-alcohol motifs (C(OH)–C–C–N with tert-alkyl or cyclic N) is 1. The normalized spacial score (nSPS) is 21.2. The van der Waals surface area contributed by atoms with Gasteiger partial charge in [0.15, 0.2) is 0 Å². The SMILES string of the molecule is O=C(c1c(F)cc(F)cc1F)N1CC(O)(C2CC2)C1. The smallest absolute Gasteiger partial charge is 0.260 e. The number of hydrogen-bond donors (Lipinski definition) is 1. The zero-order valence-corrected chi connectivity index (χ0v) is 10.00. The zero-order chi connectivity index (χ0) is 13.8. The second-order valence-corrected chi connectivity index (χ2v) is 5.28. The number of halogens is 3. The molecule has 0 atom stereocenters. The van der Waals surface area contributed by atoms with Crippen LogP contribution < -0.4 is 0 Å². The maximum absolute atomic E-state index is 13.5. The molecule has 1 aliphatic heterocycles. The molecule has 0 radical (unpaired) electrons. The topological polar surface area (TPSA) is 40.5 Å². The van der Waals surface area contributed by atoms with Gasteiger partial charge in [0, 0.05) is 12.1 Å². The van der Waals surface area contributed by atoms with Gasteiger partial charge in [0.1, 0.15) is 28.6 Å². The molecule has 0 aromatic heterocycles. The third-order valence-electron chi connectivity index (χ3n) is 3.77. The van der Waals surface area contributed by atoms with Crippen LogP contribution in [0, 0.1) is 23.4 Å². The van der Waals surface area contributed by atoms with Crippen LogP contribution in [0.2, 0.25) is 0 Å². The molecule has 0 bridgehead atoms. The van der Waals surface area contributed by atoms with Crippen LogP contribution in [0.5, 0.6) is 0 Å². The molecule has 6 heteroatoms. The molecule has 0 spiro atoms. The maximum atomic E-state index is 13.5. The Morgan fingerprint density at radius 3 is 2.21 bits per heavy atom. The van der Waals surface area contributed by atoms with E-state index < -0.39 is 34.5 Å². The van der Waals surface area contributed by atoms with Crippen molar-refractivity contribution in [1.82, 2.24) is 4.90 Å².